The van der Waals surface area contributed by atoms with Crippen LogP contribution in [0.1, 0.15) is 15.9 Å². The molecule has 0 unspecified atom stereocenters. The molecule has 0 fully saturated rings. The maximum atomic E-state index is 12.6. The molecule has 0 spiro atoms. The Morgan fingerprint density at radius 2 is 1.54 bits per heavy atom. The van der Waals surface area contributed by atoms with E-state index in [1.165, 1.54) is 12.1 Å². The minimum Gasteiger partial charge on any atom is -0.289 e. The van der Waals surface area contributed by atoms with Crippen molar-refractivity contribution in [3.8, 4) is 11.4 Å². The second-order valence-electron chi connectivity index (χ2n) is 5.96. The Bertz CT molecular complexity index is 1120. The normalized spacial score (nSPS) is 17.1. The van der Waals surface area contributed by atoms with Gasteiger partial charge in [0.25, 0.3) is 0 Å². The summed E-state index contributed by atoms with van der Waals surface area (Å²) in [4.78, 5) is 21.3. The maximum absolute atomic E-state index is 12.6. The Morgan fingerprint density at radius 3 is 2.27 bits per heavy atom. The summed E-state index contributed by atoms with van der Waals surface area (Å²) in [7, 11) is -3.53. The lowest BCUT2D eigenvalue weighted by molar-refractivity contribution is 0.103. The third-order valence-corrected chi connectivity index (χ3v) is 5.87. The smallest absolute Gasteiger partial charge is 0.191 e. The number of hydrogen-bond acceptors (Lipinski definition) is 5. The van der Waals surface area contributed by atoms with Crippen molar-refractivity contribution in [2.75, 3.05) is 5.75 Å². The molecule has 3 aromatic rings. The summed E-state index contributed by atoms with van der Waals surface area (Å²) in [5, 5.41) is 0. The van der Waals surface area contributed by atoms with E-state index in [1.54, 1.807) is 30.6 Å². The van der Waals surface area contributed by atoms with Gasteiger partial charge in [-0.25, -0.2) is 18.4 Å². The van der Waals surface area contributed by atoms with Crippen molar-refractivity contribution in [2.24, 2.45) is 0 Å². The lowest BCUT2D eigenvalue weighted by Crippen LogP contribution is -2.24. The number of rotatable bonds is 2. The maximum Gasteiger partial charge on any atom is 0.191 e. The summed E-state index contributed by atoms with van der Waals surface area (Å²) < 4.78 is 24.9. The van der Waals surface area contributed by atoms with Crippen LogP contribution in [-0.4, -0.2) is 29.9 Å². The van der Waals surface area contributed by atoms with E-state index < -0.39 is 9.84 Å². The summed E-state index contributed by atoms with van der Waals surface area (Å²) >= 11 is 0. The van der Waals surface area contributed by atoms with Crippen LogP contribution in [0.3, 0.4) is 0 Å². The van der Waals surface area contributed by atoms with Gasteiger partial charge in [-0.05, 0) is 18.2 Å². The first-order valence-electron chi connectivity index (χ1n) is 7.99. The number of ketones is 1. The SMILES string of the molecule is O=C1/C(=C\c2cnc(-c3ccccc3)nc2)CS(=O)(=O)c2ccccc21. The molecule has 128 valence electrons. The van der Waals surface area contributed by atoms with Crippen LogP contribution < -0.4 is 0 Å². The minimum absolute atomic E-state index is 0.0952. The van der Waals surface area contributed by atoms with Gasteiger partial charge in [-0.1, -0.05) is 42.5 Å². The molecule has 2 aromatic carbocycles. The number of carbonyl (C=O) groups excluding carboxylic acids is 1. The zero-order valence-corrected chi connectivity index (χ0v) is 14.5. The van der Waals surface area contributed by atoms with Gasteiger partial charge in [0, 0.05) is 34.7 Å². The average Bonchev–Trinajstić information content (AvgIpc) is 2.67. The molecule has 0 aliphatic carbocycles. The third-order valence-electron chi connectivity index (χ3n) is 4.15. The first kappa shape index (κ1) is 16.4. The van der Waals surface area contributed by atoms with Gasteiger partial charge in [-0.15, -0.1) is 0 Å². The molecule has 0 atom stereocenters. The number of fused-ring (bicyclic) bond motifs is 1. The highest BCUT2D eigenvalue weighted by Crippen LogP contribution is 2.28. The van der Waals surface area contributed by atoms with Crippen LogP contribution in [0.25, 0.3) is 17.5 Å². The van der Waals surface area contributed by atoms with Crippen LogP contribution >= 0.6 is 0 Å². The highest BCUT2D eigenvalue weighted by molar-refractivity contribution is 7.91. The molecule has 0 amide bonds. The van der Waals surface area contributed by atoms with Crippen molar-refractivity contribution in [3.05, 3.63) is 83.7 Å². The van der Waals surface area contributed by atoms with E-state index in [9.17, 15) is 13.2 Å². The number of nitrogens with zero attached hydrogens (tertiary/aromatic N) is 2. The van der Waals surface area contributed by atoms with E-state index in [2.05, 4.69) is 9.97 Å². The lowest BCUT2D eigenvalue weighted by Gasteiger charge is -2.17. The van der Waals surface area contributed by atoms with Gasteiger partial charge in [0.15, 0.2) is 21.4 Å². The van der Waals surface area contributed by atoms with Gasteiger partial charge in [0.1, 0.15) is 0 Å². The largest absolute Gasteiger partial charge is 0.289 e. The standard InChI is InChI=1S/C20H14N2O3S/c23-19-16(13-26(24,25)18-9-5-4-8-17(18)19)10-14-11-21-20(22-12-14)15-6-2-1-3-7-15/h1-12H,13H2/b16-10-. The number of carbonyl (C=O) groups is 1. The Balaban J connectivity index is 1.70. The van der Waals surface area contributed by atoms with Crippen molar-refractivity contribution in [3.63, 3.8) is 0 Å². The first-order chi connectivity index (χ1) is 12.5. The molecule has 4 rings (SSSR count). The quantitative estimate of drug-likeness (QED) is 0.654. The third kappa shape index (κ3) is 2.95. The van der Waals surface area contributed by atoms with Crippen LogP contribution in [0, 0.1) is 0 Å². The number of sulfone groups is 1. The molecule has 2 heterocycles. The molecule has 0 bridgehead atoms. The van der Waals surface area contributed by atoms with Crippen LogP contribution in [0.15, 0.2) is 77.5 Å². The Labute approximate surface area is 151 Å². The van der Waals surface area contributed by atoms with Crippen LogP contribution in [0.5, 0.6) is 0 Å². The molecular weight excluding hydrogens is 348 g/mol. The van der Waals surface area contributed by atoms with Crippen LogP contribution in [0.2, 0.25) is 0 Å². The number of aromatic nitrogens is 2. The van der Waals surface area contributed by atoms with E-state index in [-0.39, 0.29) is 27.6 Å². The molecule has 1 aromatic heterocycles. The average molecular weight is 362 g/mol. The topological polar surface area (TPSA) is 77.0 Å². The fourth-order valence-electron chi connectivity index (χ4n) is 2.90. The Kier molecular flexibility index (Phi) is 3.97. The van der Waals surface area contributed by atoms with Crippen molar-refractivity contribution >= 4 is 21.7 Å². The van der Waals surface area contributed by atoms with Gasteiger partial charge < -0.3 is 0 Å². The molecule has 1 aliphatic heterocycles. The molecule has 0 N–H and O–H groups in total. The molecular formula is C20H14N2O3S. The molecule has 6 heteroatoms. The van der Waals surface area contributed by atoms with Crippen LogP contribution in [-0.2, 0) is 9.84 Å². The monoisotopic (exact) mass is 362 g/mol. The van der Waals surface area contributed by atoms with Gasteiger partial charge >= 0.3 is 0 Å². The van der Waals surface area contributed by atoms with Gasteiger partial charge in [0.2, 0.25) is 0 Å². The van der Waals surface area contributed by atoms with Crippen molar-refractivity contribution in [1.82, 2.24) is 9.97 Å². The second kappa shape index (κ2) is 6.31. The van der Waals surface area contributed by atoms with Crippen molar-refractivity contribution < 1.29 is 13.2 Å². The summed E-state index contributed by atoms with van der Waals surface area (Å²) in [5.74, 6) is -0.0215. The fourth-order valence-corrected chi connectivity index (χ4v) is 4.46. The number of hydrogen-bond donors (Lipinski definition) is 0. The van der Waals surface area contributed by atoms with Gasteiger partial charge in [0.05, 0.1) is 10.6 Å². The summed E-state index contributed by atoms with van der Waals surface area (Å²) in [5.41, 5.74) is 1.91. The van der Waals surface area contributed by atoms with Crippen molar-refractivity contribution in [2.45, 2.75) is 4.90 Å². The second-order valence-corrected chi connectivity index (χ2v) is 7.92. The van der Waals surface area contributed by atoms with Crippen LogP contribution in [0.4, 0.5) is 0 Å². The van der Waals surface area contributed by atoms with E-state index in [4.69, 9.17) is 0 Å². The van der Waals surface area contributed by atoms with E-state index >= 15 is 0 Å². The Morgan fingerprint density at radius 1 is 0.885 bits per heavy atom. The first-order valence-corrected chi connectivity index (χ1v) is 9.64. The molecule has 5 nitrogen and oxygen atoms in total. The summed E-state index contributed by atoms with van der Waals surface area (Å²) in [6.07, 6.45) is 4.72. The van der Waals surface area contributed by atoms with E-state index in [1.807, 2.05) is 30.3 Å². The lowest BCUT2D eigenvalue weighted by atomic mass is 10.0. The van der Waals surface area contributed by atoms with Gasteiger partial charge in [-0.2, -0.15) is 0 Å². The highest BCUT2D eigenvalue weighted by Gasteiger charge is 2.32. The van der Waals surface area contributed by atoms with Gasteiger partial charge in [-0.3, -0.25) is 4.79 Å². The molecule has 0 radical (unpaired) electrons. The summed E-state index contributed by atoms with van der Waals surface area (Å²) in [6, 6.07) is 15.8. The predicted molar refractivity (Wildman–Crippen MR) is 98.3 cm³/mol. The zero-order valence-electron chi connectivity index (χ0n) is 13.7. The molecule has 26 heavy (non-hydrogen) atoms. The predicted octanol–water partition coefficient (Wildman–Crippen LogP) is 3.20. The highest BCUT2D eigenvalue weighted by atomic mass is 32.2. The molecule has 0 saturated carbocycles. The van der Waals surface area contributed by atoms with E-state index in [0.29, 0.717) is 11.4 Å². The number of benzene rings is 2. The molecule has 0 saturated heterocycles. The fraction of sp³-hybridized carbons (Fsp3) is 0.0500. The minimum atomic E-state index is -3.53. The van der Waals surface area contributed by atoms with E-state index in [0.717, 1.165) is 5.56 Å². The summed E-state index contributed by atoms with van der Waals surface area (Å²) in [6.45, 7) is 0. The Hall–Kier alpha value is -3.12. The van der Waals surface area contributed by atoms with Crippen molar-refractivity contribution in [1.29, 1.82) is 0 Å². The molecule has 1 aliphatic rings. The zero-order chi connectivity index (χ0) is 18.1. The number of Topliss-reactive ketones (excluding diaryl/α,β-unsaturated/α-hetero) is 1.